The third-order valence-corrected chi connectivity index (χ3v) is 5.64. The summed E-state index contributed by atoms with van der Waals surface area (Å²) >= 11 is 0. The number of benzene rings is 3. The van der Waals surface area contributed by atoms with Gasteiger partial charge in [-0.3, -0.25) is 9.78 Å². The van der Waals surface area contributed by atoms with E-state index in [1.54, 1.807) is 19.6 Å². The van der Waals surface area contributed by atoms with E-state index in [2.05, 4.69) is 21.4 Å². The lowest BCUT2D eigenvalue weighted by atomic mass is 9.96. The Morgan fingerprint density at radius 1 is 1.00 bits per heavy atom. The fourth-order valence-electron chi connectivity index (χ4n) is 4.01. The number of hydrogen-bond donors (Lipinski definition) is 2. The van der Waals surface area contributed by atoms with Crippen molar-refractivity contribution in [2.45, 2.75) is 6.92 Å². The highest BCUT2D eigenvalue weighted by molar-refractivity contribution is 6.09. The van der Waals surface area contributed by atoms with Crippen LogP contribution in [0.15, 0.2) is 83.7 Å². The van der Waals surface area contributed by atoms with Crippen LogP contribution in [-0.4, -0.2) is 23.0 Å². The van der Waals surface area contributed by atoms with Crippen LogP contribution in [0, 0.1) is 6.92 Å². The molecule has 0 spiro atoms. The van der Waals surface area contributed by atoms with E-state index in [4.69, 9.17) is 14.9 Å². The zero-order chi connectivity index (χ0) is 23.7. The van der Waals surface area contributed by atoms with Gasteiger partial charge in [-0.05, 0) is 60.0 Å². The van der Waals surface area contributed by atoms with Crippen molar-refractivity contribution in [2.75, 3.05) is 12.4 Å². The molecule has 0 fully saturated rings. The average Bonchev–Trinajstić information content (AvgIpc) is 3.39. The molecule has 3 N–H and O–H groups in total. The van der Waals surface area contributed by atoms with Gasteiger partial charge in [-0.2, -0.15) is 0 Å². The number of nitrogens with one attached hydrogen (secondary N) is 1. The Labute approximate surface area is 196 Å². The van der Waals surface area contributed by atoms with Gasteiger partial charge in [0.05, 0.1) is 30.1 Å². The Balaban J connectivity index is 1.69. The van der Waals surface area contributed by atoms with Crippen LogP contribution in [-0.2, 0) is 0 Å². The van der Waals surface area contributed by atoms with Crippen molar-refractivity contribution in [2.24, 2.45) is 5.73 Å². The number of rotatable bonds is 6. The molecular formula is C27H22N4O3. The predicted octanol–water partition coefficient (Wildman–Crippen LogP) is 5.72. The Bertz CT molecular complexity index is 1510. The molecule has 7 nitrogen and oxygen atoms in total. The maximum atomic E-state index is 12.3. The molecule has 0 saturated heterocycles. The number of anilines is 2. The molecule has 0 unspecified atom stereocenters. The Morgan fingerprint density at radius 3 is 2.59 bits per heavy atom. The first kappa shape index (κ1) is 21.2. The fourth-order valence-corrected chi connectivity index (χ4v) is 4.01. The van der Waals surface area contributed by atoms with Crippen LogP contribution in [0.2, 0.25) is 0 Å². The van der Waals surface area contributed by atoms with Gasteiger partial charge in [0.1, 0.15) is 12.0 Å². The van der Waals surface area contributed by atoms with E-state index in [9.17, 15) is 4.79 Å². The number of oxazole rings is 1. The first-order chi connectivity index (χ1) is 16.5. The number of fused-ring (bicyclic) bond motifs is 1. The number of carbonyl (C=O) groups is 1. The highest BCUT2D eigenvalue weighted by Gasteiger charge is 2.17. The number of nitrogens with two attached hydrogens (primary N) is 1. The summed E-state index contributed by atoms with van der Waals surface area (Å²) in [5, 5.41) is 4.15. The lowest BCUT2D eigenvalue weighted by Gasteiger charge is -2.16. The molecule has 7 heteroatoms. The van der Waals surface area contributed by atoms with Crippen LogP contribution in [0.5, 0.6) is 5.75 Å². The summed E-state index contributed by atoms with van der Waals surface area (Å²) in [5.41, 5.74) is 12.0. The van der Waals surface area contributed by atoms with E-state index >= 15 is 0 Å². The normalized spacial score (nSPS) is 10.9. The molecule has 0 aliphatic rings. The highest BCUT2D eigenvalue weighted by Crippen LogP contribution is 2.35. The Hall–Kier alpha value is -4.65. The Kier molecular flexibility index (Phi) is 5.43. The molecule has 1 amide bonds. The summed E-state index contributed by atoms with van der Waals surface area (Å²) in [6.07, 6.45) is 4.69. The lowest BCUT2D eigenvalue weighted by molar-refractivity contribution is 0.100. The van der Waals surface area contributed by atoms with Crippen molar-refractivity contribution in [3.8, 4) is 28.3 Å². The minimum atomic E-state index is -0.561. The minimum Gasteiger partial charge on any atom is -0.497 e. The number of nitrogens with zero attached hydrogens (tertiary/aromatic N) is 2. The van der Waals surface area contributed by atoms with Gasteiger partial charge in [-0.25, -0.2) is 4.98 Å². The van der Waals surface area contributed by atoms with Crippen molar-refractivity contribution < 1.29 is 13.9 Å². The van der Waals surface area contributed by atoms with Crippen LogP contribution < -0.4 is 15.8 Å². The molecule has 2 aromatic heterocycles. The number of pyridine rings is 1. The Morgan fingerprint density at radius 2 is 1.82 bits per heavy atom. The van der Waals surface area contributed by atoms with E-state index < -0.39 is 5.91 Å². The second-order valence-electron chi connectivity index (χ2n) is 7.88. The van der Waals surface area contributed by atoms with Crippen molar-refractivity contribution in [3.05, 3.63) is 90.4 Å². The number of methoxy groups -OCH3 is 1. The van der Waals surface area contributed by atoms with Crippen LogP contribution in [0.25, 0.3) is 33.5 Å². The number of carbonyl (C=O) groups excluding carboxylic acids is 1. The SMILES string of the molecule is COc1cccc(Nc2c(C(N)=O)cnc3c(C)cc(-c4cccc(-c5ncco5)c4)cc23)c1. The summed E-state index contributed by atoms with van der Waals surface area (Å²) < 4.78 is 10.8. The van der Waals surface area contributed by atoms with Crippen LogP contribution in [0.4, 0.5) is 11.4 Å². The van der Waals surface area contributed by atoms with Gasteiger partial charge < -0.3 is 20.2 Å². The van der Waals surface area contributed by atoms with Crippen molar-refractivity contribution >= 4 is 28.2 Å². The molecule has 34 heavy (non-hydrogen) atoms. The first-order valence-corrected chi connectivity index (χ1v) is 10.7. The molecule has 0 aliphatic carbocycles. The molecule has 0 aliphatic heterocycles. The van der Waals surface area contributed by atoms with Crippen molar-refractivity contribution in [3.63, 3.8) is 0 Å². The third kappa shape index (κ3) is 3.95. The molecule has 3 aromatic carbocycles. The second-order valence-corrected chi connectivity index (χ2v) is 7.88. The predicted molar refractivity (Wildman–Crippen MR) is 132 cm³/mol. The molecule has 0 atom stereocenters. The van der Waals surface area contributed by atoms with Crippen LogP contribution in [0.3, 0.4) is 0 Å². The number of aryl methyl sites for hydroxylation is 1. The smallest absolute Gasteiger partial charge is 0.252 e. The van der Waals surface area contributed by atoms with E-state index in [0.717, 1.165) is 38.8 Å². The summed E-state index contributed by atoms with van der Waals surface area (Å²) in [5.74, 6) is 0.690. The van der Waals surface area contributed by atoms with Crippen molar-refractivity contribution in [1.29, 1.82) is 0 Å². The summed E-state index contributed by atoms with van der Waals surface area (Å²) in [4.78, 5) is 21.1. The third-order valence-electron chi connectivity index (χ3n) is 5.64. The standard InChI is InChI=1S/C27H22N4O3/c1-16-11-19(17-5-3-6-18(12-17)27-29-9-10-34-27)13-22-24(16)30-15-23(26(28)32)25(22)31-20-7-4-8-21(14-20)33-2/h3-15H,1-2H3,(H2,28,32)(H,30,31). The molecule has 168 valence electrons. The van der Waals surface area contributed by atoms with Gasteiger partial charge in [-0.15, -0.1) is 0 Å². The van der Waals surface area contributed by atoms with Crippen LogP contribution >= 0.6 is 0 Å². The minimum absolute atomic E-state index is 0.306. The molecule has 5 rings (SSSR count). The van der Waals surface area contributed by atoms with Crippen molar-refractivity contribution in [1.82, 2.24) is 9.97 Å². The fraction of sp³-hybridized carbons (Fsp3) is 0.0741. The monoisotopic (exact) mass is 450 g/mol. The molecular weight excluding hydrogens is 428 g/mol. The number of hydrogen-bond acceptors (Lipinski definition) is 6. The van der Waals surface area contributed by atoms with Gasteiger partial charge in [-0.1, -0.05) is 18.2 Å². The highest BCUT2D eigenvalue weighted by atomic mass is 16.5. The first-order valence-electron chi connectivity index (χ1n) is 10.7. The zero-order valence-electron chi connectivity index (χ0n) is 18.7. The van der Waals surface area contributed by atoms with E-state index in [0.29, 0.717) is 22.9 Å². The van der Waals surface area contributed by atoms with Gasteiger partial charge in [0.15, 0.2) is 0 Å². The maximum Gasteiger partial charge on any atom is 0.252 e. The topological polar surface area (TPSA) is 103 Å². The molecule has 2 heterocycles. The number of primary amides is 1. The van der Waals surface area contributed by atoms with Gasteiger partial charge in [0.2, 0.25) is 5.89 Å². The van der Waals surface area contributed by atoms with Crippen LogP contribution in [0.1, 0.15) is 15.9 Å². The second kappa shape index (κ2) is 8.71. The zero-order valence-corrected chi connectivity index (χ0v) is 18.7. The number of aromatic nitrogens is 2. The van der Waals surface area contributed by atoms with E-state index in [1.807, 2.05) is 61.5 Å². The quantitative estimate of drug-likeness (QED) is 0.343. The number of ether oxygens (including phenoxy) is 1. The van der Waals surface area contributed by atoms with Gasteiger partial charge in [0, 0.05) is 28.9 Å². The van der Waals surface area contributed by atoms with E-state index in [1.165, 1.54) is 6.20 Å². The molecule has 0 bridgehead atoms. The summed E-state index contributed by atoms with van der Waals surface area (Å²) in [6.45, 7) is 2.00. The maximum absolute atomic E-state index is 12.3. The summed E-state index contributed by atoms with van der Waals surface area (Å²) in [7, 11) is 1.61. The summed E-state index contributed by atoms with van der Waals surface area (Å²) in [6, 6.07) is 19.5. The lowest BCUT2D eigenvalue weighted by Crippen LogP contribution is -2.14. The average molecular weight is 450 g/mol. The molecule has 5 aromatic rings. The van der Waals surface area contributed by atoms with Gasteiger partial charge >= 0.3 is 0 Å². The van der Waals surface area contributed by atoms with Gasteiger partial charge in [0.25, 0.3) is 5.91 Å². The largest absolute Gasteiger partial charge is 0.497 e. The molecule has 0 radical (unpaired) electrons. The van der Waals surface area contributed by atoms with E-state index in [-0.39, 0.29) is 0 Å². The molecule has 0 saturated carbocycles. The number of amides is 1.